The standard InChI is InChI=1S/C18H21FN4O2/c1-20-11-13-3-2-10-22(12-13)18(25)16-8-9-17(24)23(21-16)15-6-4-14(19)5-7-15/h4-9,13,20H,2-3,10-12H2,1H3. The average Bonchev–Trinajstić information content (AvgIpc) is 2.63. The van der Waals surface area contributed by atoms with Crippen LogP contribution in [0.15, 0.2) is 41.2 Å². The Balaban J connectivity index is 1.85. The van der Waals surface area contributed by atoms with E-state index in [0.717, 1.165) is 24.1 Å². The second-order valence-electron chi connectivity index (χ2n) is 6.26. The maximum absolute atomic E-state index is 13.1. The minimum absolute atomic E-state index is 0.184. The van der Waals surface area contributed by atoms with Gasteiger partial charge in [-0.15, -0.1) is 0 Å². The van der Waals surface area contributed by atoms with Gasteiger partial charge in [-0.25, -0.2) is 4.39 Å². The maximum atomic E-state index is 13.1. The summed E-state index contributed by atoms with van der Waals surface area (Å²) in [6, 6.07) is 8.20. The Bertz CT molecular complexity index is 801. The molecule has 1 aromatic carbocycles. The second kappa shape index (κ2) is 7.57. The summed E-state index contributed by atoms with van der Waals surface area (Å²) in [6.45, 7) is 2.24. The summed E-state index contributed by atoms with van der Waals surface area (Å²) in [7, 11) is 1.90. The monoisotopic (exact) mass is 344 g/mol. The number of carbonyl (C=O) groups excluding carboxylic acids is 1. The van der Waals surface area contributed by atoms with Crippen LogP contribution in [0.4, 0.5) is 4.39 Å². The largest absolute Gasteiger partial charge is 0.337 e. The number of hydrogen-bond acceptors (Lipinski definition) is 4. The molecule has 25 heavy (non-hydrogen) atoms. The molecule has 0 spiro atoms. The zero-order chi connectivity index (χ0) is 17.8. The van der Waals surface area contributed by atoms with Crippen molar-refractivity contribution in [2.45, 2.75) is 12.8 Å². The molecule has 2 aromatic rings. The summed E-state index contributed by atoms with van der Waals surface area (Å²) >= 11 is 0. The second-order valence-corrected chi connectivity index (χ2v) is 6.26. The molecule has 0 saturated carbocycles. The van der Waals surface area contributed by atoms with E-state index in [9.17, 15) is 14.0 Å². The summed E-state index contributed by atoms with van der Waals surface area (Å²) in [5.74, 6) is -0.157. The zero-order valence-electron chi connectivity index (χ0n) is 14.1. The van der Waals surface area contributed by atoms with Crippen molar-refractivity contribution in [2.24, 2.45) is 5.92 Å². The third-order valence-corrected chi connectivity index (χ3v) is 4.39. The van der Waals surface area contributed by atoms with Crippen LogP contribution in [-0.2, 0) is 0 Å². The molecule has 0 radical (unpaired) electrons. The van der Waals surface area contributed by atoms with Gasteiger partial charge in [-0.05, 0) is 62.7 Å². The van der Waals surface area contributed by atoms with Crippen LogP contribution < -0.4 is 10.9 Å². The first-order chi connectivity index (χ1) is 12.1. The van der Waals surface area contributed by atoms with Crippen molar-refractivity contribution >= 4 is 5.91 Å². The Morgan fingerprint density at radius 3 is 2.76 bits per heavy atom. The molecular formula is C18H21FN4O2. The fourth-order valence-corrected chi connectivity index (χ4v) is 3.16. The van der Waals surface area contributed by atoms with Crippen molar-refractivity contribution in [3.05, 3.63) is 58.3 Å². The van der Waals surface area contributed by atoms with E-state index in [-0.39, 0.29) is 17.2 Å². The lowest BCUT2D eigenvalue weighted by atomic mass is 9.98. The number of carbonyl (C=O) groups is 1. The van der Waals surface area contributed by atoms with E-state index in [4.69, 9.17) is 0 Å². The Hall–Kier alpha value is -2.54. The number of nitrogens with zero attached hydrogens (tertiary/aromatic N) is 3. The van der Waals surface area contributed by atoms with E-state index in [1.54, 1.807) is 4.90 Å². The van der Waals surface area contributed by atoms with E-state index in [1.165, 1.54) is 36.4 Å². The molecular weight excluding hydrogens is 323 g/mol. The fraction of sp³-hybridized carbons (Fsp3) is 0.389. The molecule has 7 heteroatoms. The molecule has 3 rings (SSSR count). The first kappa shape index (κ1) is 17.3. The molecule has 1 unspecified atom stereocenters. The van der Waals surface area contributed by atoms with Crippen LogP contribution in [0.25, 0.3) is 5.69 Å². The molecule has 132 valence electrons. The Morgan fingerprint density at radius 1 is 1.28 bits per heavy atom. The van der Waals surface area contributed by atoms with Gasteiger partial charge in [0.2, 0.25) is 0 Å². The minimum Gasteiger partial charge on any atom is -0.337 e. The molecule has 1 aromatic heterocycles. The number of hydrogen-bond donors (Lipinski definition) is 1. The molecule has 1 amide bonds. The van der Waals surface area contributed by atoms with Crippen molar-refractivity contribution in [3.8, 4) is 5.69 Å². The van der Waals surface area contributed by atoms with E-state index in [1.807, 2.05) is 7.05 Å². The van der Waals surface area contributed by atoms with Gasteiger partial charge in [-0.1, -0.05) is 0 Å². The predicted molar refractivity (Wildman–Crippen MR) is 92.3 cm³/mol. The number of benzene rings is 1. The summed E-state index contributed by atoms with van der Waals surface area (Å²) in [6.07, 6.45) is 2.04. The number of nitrogens with one attached hydrogen (secondary N) is 1. The Kier molecular flexibility index (Phi) is 5.23. The fourth-order valence-electron chi connectivity index (χ4n) is 3.16. The van der Waals surface area contributed by atoms with Crippen LogP contribution in [0, 0.1) is 11.7 Å². The number of halogens is 1. The van der Waals surface area contributed by atoms with Crippen LogP contribution in [-0.4, -0.2) is 47.3 Å². The lowest BCUT2D eigenvalue weighted by Crippen LogP contribution is -2.43. The molecule has 1 saturated heterocycles. The highest BCUT2D eigenvalue weighted by atomic mass is 19.1. The van der Waals surface area contributed by atoms with Crippen molar-refractivity contribution in [3.63, 3.8) is 0 Å². The summed E-state index contributed by atoms with van der Waals surface area (Å²) in [4.78, 5) is 26.6. The lowest BCUT2D eigenvalue weighted by molar-refractivity contribution is 0.0666. The van der Waals surface area contributed by atoms with E-state index < -0.39 is 5.82 Å². The van der Waals surface area contributed by atoms with Crippen molar-refractivity contribution < 1.29 is 9.18 Å². The quantitative estimate of drug-likeness (QED) is 0.911. The molecule has 0 bridgehead atoms. The third-order valence-electron chi connectivity index (χ3n) is 4.39. The number of amides is 1. The number of rotatable bonds is 4. The normalized spacial score (nSPS) is 17.5. The predicted octanol–water partition coefficient (Wildman–Crippen LogP) is 1.44. The molecule has 0 aliphatic carbocycles. The Labute approximate surface area is 145 Å². The number of likely N-dealkylation sites (tertiary alicyclic amines) is 1. The summed E-state index contributed by atoms with van der Waals surface area (Å²) in [5.41, 5.74) is 0.275. The van der Waals surface area contributed by atoms with E-state index >= 15 is 0 Å². The molecule has 6 nitrogen and oxygen atoms in total. The molecule has 2 heterocycles. The highest BCUT2D eigenvalue weighted by Crippen LogP contribution is 2.17. The van der Waals surface area contributed by atoms with Gasteiger partial charge in [0.25, 0.3) is 11.5 Å². The molecule has 1 atom stereocenters. The van der Waals surface area contributed by atoms with Gasteiger partial charge >= 0.3 is 0 Å². The van der Waals surface area contributed by atoms with Crippen LogP contribution in [0.1, 0.15) is 23.3 Å². The van der Waals surface area contributed by atoms with Gasteiger partial charge in [0, 0.05) is 19.2 Å². The first-order valence-electron chi connectivity index (χ1n) is 8.38. The summed E-state index contributed by atoms with van der Waals surface area (Å²) < 4.78 is 14.2. The smallest absolute Gasteiger partial charge is 0.274 e. The van der Waals surface area contributed by atoms with Crippen molar-refractivity contribution in [1.29, 1.82) is 0 Å². The minimum atomic E-state index is -0.395. The Morgan fingerprint density at radius 2 is 2.04 bits per heavy atom. The van der Waals surface area contributed by atoms with Gasteiger partial charge in [0.1, 0.15) is 11.5 Å². The van der Waals surface area contributed by atoms with Crippen LogP contribution in [0.3, 0.4) is 0 Å². The van der Waals surface area contributed by atoms with Gasteiger partial charge in [0.05, 0.1) is 5.69 Å². The van der Waals surface area contributed by atoms with Gasteiger partial charge < -0.3 is 10.2 Å². The lowest BCUT2D eigenvalue weighted by Gasteiger charge is -2.32. The molecule has 1 fully saturated rings. The van der Waals surface area contributed by atoms with Crippen LogP contribution in [0.5, 0.6) is 0 Å². The van der Waals surface area contributed by atoms with Crippen molar-refractivity contribution in [2.75, 3.05) is 26.7 Å². The number of piperidine rings is 1. The molecule has 1 aliphatic heterocycles. The maximum Gasteiger partial charge on any atom is 0.274 e. The summed E-state index contributed by atoms with van der Waals surface area (Å²) in [5, 5.41) is 7.34. The SMILES string of the molecule is CNCC1CCCN(C(=O)c2ccc(=O)n(-c3ccc(F)cc3)n2)C1. The first-order valence-corrected chi connectivity index (χ1v) is 8.38. The van der Waals surface area contributed by atoms with Crippen molar-refractivity contribution in [1.82, 2.24) is 20.0 Å². The highest BCUT2D eigenvalue weighted by molar-refractivity contribution is 5.92. The van der Waals surface area contributed by atoms with Gasteiger partial charge in [-0.2, -0.15) is 9.78 Å². The average molecular weight is 344 g/mol. The topological polar surface area (TPSA) is 67.2 Å². The molecule has 1 aliphatic rings. The van der Waals surface area contributed by atoms with Crippen LogP contribution >= 0.6 is 0 Å². The molecule has 1 N–H and O–H groups in total. The number of aromatic nitrogens is 2. The van der Waals surface area contributed by atoms with Crippen LogP contribution in [0.2, 0.25) is 0 Å². The van der Waals surface area contributed by atoms with E-state index in [0.29, 0.717) is 24.7 Å². The zero-order valence-corrected chi connectivity index (χ0v) is 14.1. The van der Waals surface area contributed by atoms with Gasteiger partial charge in [-0.3, -0.25) is 9.59 Å². The van der Waals surface area contributed by atoms with Gasteiger partial charge in [0.15, 0.2) is 0 Å². The third kappa shape index (κ3) is 3.93. The highest BCUT2D eigenvalue weighted by Gasteiger charge is 2.25. The van der Waals surface area contributed by atoms with E-state index in [2.05, 4.69) is 10.4 Å².